The molecule has 16 heavy (non-hydrogen) atoms. The molecule has 2 aromatic rings. The lowest BCUT2D eigenvalue weighted by Crippen LogP contribution is -2.12. The van der Waals surface area contributed by atoms with Gasteiger partial charge in [0.15, 0.2) is 5.15 Å². The molecule has 0 aromatic carbocycles. The number of pyridine rings is 1. The first kappa shape index (κ1) is 10.1. The molecule has 0 spiro atoms. The summed E-state index contributed by atoms with van der Waals surface area (Å²) in [6, 6.07) is 4.02. The summed E-state index contributed by atoms with van der Waals surface area (Å²) < 4.78 is 2.11. The molecule has 0 unspecified atom stereocenters. The minimum Gasteiger partial charge on any atom is -0.326 e. The number of fused-ring (bicyclic) bond motifs is 1. The van der Waals surface area contributed by atoms with Gasteiger partial charge in [-0.2, -0.15) is 0 Å². The molecule has 1 aliphatic carbocycles. The molecular weight excluding hydrogens is 222 g/mol. The number of hydrogen-bond acceptors (Lipinski definition) is 2. The van der Waals surface area contributed by atoms with E-state index in [0.717, 1.165) is 16.9 Å². The lowest BCUT2D eigenvalue weighted by atomic mass is 9.85. The normalized spacial score (nSPS) is 16.6. The Kier molecular flexibility index (Phi) is 2.37. The number of nitrogens with zero attached hydrogens (tertiary/aromatic N) is 2. The molecule has 0 saturated heterocycles. The van der Waals surface area contributed by atoms with Crippen LogP contribution in [0.1, 0.15) is 36.6 Å². The van der Waals surface area contributed by atoms with Crippen LogP contribution in [0.5, 0.6) is 0 Å². The number of imidazole rings is 1. The van der Waals surface area contributed by atoms with E-state index < -0.39 is 0 Å². The van der Waals surface area contributed by atoms with Gasteiger partial charge in [0.2, 0.25) is 0 Å². The lowest BCUT2D eigenvalue weighted by Gasteiger charge is -2.23. The zero-order valence-corrected chi connectivity index (χ0v) is 9.74. The largest absolute Gasteiger partial charge is 0.326 e. The lowest BCUT2D eigenvalue weighted by molar-refractivity contribution is 0.400. The van der Waals surface area contributed by atoms with Crippen molar-refractivity contribution in [2.45, 2.75) is 31.7 Å². The molecule has 0 amide bonds. The fraction of sp³-hybridized carbons (Fsp3) is 0.417. The molecule has 0 bridgehead atoms. The van der Waals surface area contributed by atoms with Crippen LogP contribution in [0.4, 0.5) is 0 Å². The smallest absolute Gasteiger partial charge is 0.155 e. The molecule has 1 fully saturated rings. The molecule has 2 heterocycles. The molecule has 1 saturated carbocycles. The number of rotatable bonds is 2. The van der Waals surface area contributed by atoms with Gasteiger partial charge in [0, 0.05) is 18.7 Å². The maximum atomic E-state index is 6.20. The van der Waals surface area contributed by atoms with Crippen molar-refractivity contribution >= 4 is 17.1 Å². The van der Waals surface area contributed by atoms with Gasteiger partial charge in [-0.05, 0) is 24.5 Å². The minimum absolute atomic E-state index is 0.500. The van der Waals surface area contributed by atoms with Gasteiger partial charge in [-0.25, -0.2) is 4.98 Å². The maximum Gasteiger partial charge on any atom is 0.155 e. The molecule has 3 nitrogen and oxygen atoms in total. The summed E-state index contributed by atoms with van der Waals surface area (Å²) in [7, 11) is 0. The van der Waals surface area contributed by atoms with E-state index in [9.17, 15) is 0 Å². The zero-order chi connectivity index (χ0) is 11.1. The molecule has 3 rings (SSSR count). The van der Waals surface area contributed by atoms with E-state index in [1.54, 1.807) is 0 Å². The van der Waals surface area contributed by atoms with Crippen LogP contribution in [0.15, 0.2) is 18.3 Å². The van der Waals surface area contributed by atoms with Crippen molar-refractivity contribution in [1.29, 1.82) is 0 Å². The highest BCUT2D eigenvalue weighted by atomic mass is 35.5. The first-order valence-corrected chi connectivity index (χ1v) is 6.04. The molecule has 2 N–H and O–H groups in total. The summed E-state index contributed by atoms with van der Waals surface area (Å²) >= 11 is 6.20. The van der Waals surface area contributed by atoms with Crippen LogP contribution in [0, 0.1) is 0 Å². The van der Waals surface area contributed by atoms with Gasteiger partial charge >= 0.3 is 0 Å². The predicted molar refractivity (Wildman–Crippen MR) is 64.7 cm³/mol. The van der Waals surface area contributed by atoms with Crippen molar-refractivity contribution in [2.75, 3.05) is 0 Å². The Labute approximate surface area is 99.2 Å². The molecule has 0 radical (unpaired) electrons. The second-order valence-electron chi connectivity index (χ2n) is 4.34. The maximum absolute atomic E-state index is 6.20. The van der Waals surface area contributed by atoms with Crippen molar-refractivity contribution in [3.63, 3.8) is 0 Å². The Morgan fingerprint density at radius 3 is 2.94 bits per heavy atom. The summed E-state index contributed by atoms with van der Waals surface area (Å²) in [5, 5.41) is 0.586. The third kappa shape index (κ3) is 1.35. The van der Waals surface area contributed by atoms with Crippen LogP contribution in [0.3, 0.4) is 0 Å². The number of nitrogens with two attached hydrogens (primary N) is 1. The SMILES string of the molecule is NCc1cccn2c(C3CCC3)nc(Cl)c12. The van der Waals surface area contributed by atoms with E-state index in [1.807, 2.05) is 18.3 Å². The Morgan fingerprint density at radius 2 is 2.31 bits per heavy atom. The molecule has 0 atom stereocenters. The molecule has 4 heteroatoms. The summed E-state index contributed by atoms with van der Waals surface area (Å²) in [5.41, 5.74) is 7.76. The van der Waals surface area contributed by atoms with Gasteiger partial charge in [-0.1, -0.05) is 24.1 Å². The second kappa shape index (κ2) is 3.75. The standard InChI is InChI=1S/C12H14ClN3/c13-11-10-9(7-14)5-2-6-16(10)12(15-11)8-3-1-4-8/h2,5-6,8H,1,3-4,7,14H2. The van der Waals surface area contributed by atoms with Crippen LogP contribution in [0.2, 0.25) is 5.15 Å². The monoisotopic (exact) mass is 235 g/mol. The summed E-state index contributed by atoms with van der Waals surface area (Å²) in [6.45, 7) is 0.500. The van der Waals surface area contributed by atoms with Crippen LogP contribution in [-0.4, -0.2) is 9.38 Å². The van der Waals surface area contributed by atoms with Crippen molar-refractivity contribution in [3.8, 4) is 0 Å². The Bertz CT molecular complexity index is 528. The summed E-state index contributed by atoms with van der Waals surface area (Å²) in [6.07, 6.45) is 5.78. The predicted octanol–water partition coefficient (Wildman–Crippen LogP) is 2.71. The average molecular weight is 236 g/mol. The van der Waals surface area contributed by atoms with E-state index in [2.05, 4.69) is 9.38 Å². The first-order chi connectivity index (χ1) is 7.81. The van der Waals surface area contributed by atoms with Gasteiger partial charge in [0.1, 0.15) is 5.82 Å². The van der Waals surface area contributed by atoms with E-state index in [-0.39, 0.29) is 0 Å². The minimum atomic E-state index is 0.500. The Hall–Kier alpha value is -1.06. The highest BCUT2D eigenvalue weighted by Gasteiger charge is 2.25. The first-order valence-electron chi connectivity index (χ1n) is 5.66. The van der Waals surface area contributed by atoms with Crippen molar-refractivity contribution in [3.05, 3.63) is 34.9 Å². The van der Waals surface area contributed by atoms with E-state index >= 15 is 0 Å². The number of hydrogen-bond donors (Lipinski definition) is 1. The number of halogens is 1. The molecule has 2 aromatic heterocycles. The molecule has 1 aliphatic rings. The van der Waals surface area contributed by atoms with Crippen LogP contribution in [0.25, 0.3) is 5.52 Å². The quantitative estimate of drug-likeness (QED) is 0.870. The molecule has 0 aliphatic heterocycles. The molecular formula is C12H14ClN3. The van der Waals surface area contributed by atoms with Crippen molar-refractivity contribution in [1.82, 2.24) is 9.38 Å². The van der Waals surface area contributed by atoms with Crippen LogP contribution < -0.4 is 5.73 Å². The highest BCUT2D eigenvalue weighted by Crippen LogP contribution is 2.37. The van der Waals surface area contributed by atoms with Gasteiger partial charge in [-0.15, -0.1) is 0 Å². The van der Waals surface area contributed by atoms with Crippen molar-refractivity contribution < 1.29 is 0 Å². The zero-order valence-electron chi connectivity index (χ0n) is 8.99. The Morgan fingerprint density at radius 1 is 1.50 bits per heavy atom. The number of aromatic nitrogens is 2. The topological polar surface area (TPSA) is 43.3 Å². The summed E-state index contributed by atoms with van der Waals surface area (Å²) in [4.78, 5) is 4.49. The van der Waals surface area contributed by atoms with E-state index in [0.29, 0.717) is 17.6 Å². The fourth-order valence-corrected chi connectivity index (χ4v) is 2.60. The third-order valence-corrected chi connectivity index (χ3v) is 3.69. The Balaban J connectivity index is 2.24. The van der Waals surface area contributed by atoms with E-state index in [4.69, 9.17) is 17.3 Å². The van der Waals surface area contributed by atoms with Gasteiger partial charge in [0.25, 0.3) is 0 Å². The summed E-state index contributed by atoms with van der Waals surface area (Å²) in [5.74, 6) is 1.68. The van der Waals surface area contributed by atoms with Gasteiger partial charge in [0.05, 0.1) is 5.52 Å². The highest BCUT2D eigenvalue weighted by molar-refractivity contribution is 6.32. The average Bonchev–Trinajstić information content (AvgIpc) is 2.54. The van der Waals surface area contributed by atoms with Crippen molar-refractivity contribution in [2.24, 2.45) is 5.73 Å². The third-order valence-electron chi connectivity index (χ3n) is 3.42. The molecule has 84 valence electrons. The van der Waals surface area contributed by atoms with Crippen LogP contribution in [-0.2, 0) is 6.54 Å². The van der Waals surface area contributed by atoms with Crippen LogP contribution >= 0.6 is 11.6 Å². The van der Waals surface area contributed by atoms with Gasteiger partial charge < -0.3 is 10.1 Å². The van der Waals surface area contributed by atoms with Gasteiger partial charge in [-0.3, -0.25) is 0 Å². The van der Waals surface area contributed by atoms with E-state index in [1.165, 1.54) is 19.3 Å². The fourth-order valence-electron chi connectivity index (χ4n) is 2.30. The second-order valence-corrected chi connectivity index (χ2v) is 4.70.